The second-order valence-electron chi connectivity index (χ2n) is 5.12. The van der Waals surface area contributed by atoms with Crippen molar-refractivity contribution in [1.82, 2.24) is 10.6 Å². The Morgan fingerprint density at radius 3 is 2.75 bits per heavy atom. The maximum Gasteiger partial charge on any atom is 0.191 e. The molecule has 1 aromatic carbocycles. The maximum atomic E-state index is 5.25. The van der Waals surface area contributed by atoms with Crippen molar-refractivity contribution in [1.29, 1.82) is 0 Å². The fourth-order valence-corrected chi connectivity index (χ4v) is 2.93. The number of aliphatic imine (C=N–C) groups is 1. The van der Waals surface area contributed by atoms with Crippen LogP contribution in [0, 0.1) is 0 Å². The topological polar surface area (TPSA) is 45.7 Å². The van der Waals surface area contributed by atoms with Crippen molar-refractivity contribution in [2.75, 3.05) is 26.7 Å². The largest absolute Gasteiger partial charge is 0.497 e. The summed E-state index contributed by atoms with van der Waals surface area (Å²) in [6.07, 6.45) is 1.93. The van der Waals surface area contributed by atoms with Gasteiger partial charge in [-0.15, -0.1) is 35.3 Å². The average molecular weight is 459 g/mol. The summed E-state index contributed by atoms with van der Waals surface area (Å²) in [5.74, 6) is 1.78. The molecule has 0 bridgehead atoms. The molecule has 24 heavy (non-hydrogen) atoms. The average Bonchev–Trinajstić information content (AvgIpc) is 3.08. The van der Waals surface area contributed by atoms with Crippen LogP contribution >= 0.6 is 35.3 Å². The van der Waals surface area contributed by atoms with Crippen LogP contribution in [0.4, 0.5) is 0 Å². The number of guanidine groups is 1. The van der Waals surface area contributed by atoms with Crippen molar-refractivity contribution >= 4 is 41.3 Å². The molecule has 0 fully saturated rings. The van der Waals surface area contributed by atoms with Crippen LogP contribution in [-0.2, 0) is 12.8 Å². The molecule has 0 unspecified atom stereocenters. The fourth-order valence-electron chi connectivity index (χ4n) is 2.23. The van der Waals surface area contributed by atoms with Gasteiger partial charge in [0.05, 0.1) is 7.11 Å². The predicted octanol–water partition coefficient (Wildman–Crippen LogP) is 3.72. The van der Waals surface area contributed by atoms with Crippen molar-refractivity contribution in [2.45, 2.75) is 19.8 Å². The molecule has 1 heterocycles. The number of thiophene rings is 1. The first-order chi connectivity index (χ1) is 11.3. The van der Waals surface area contributed by atoms with Gasteiger partial charge in [0.2, 0.25) is 0 Å². The first-order valence-electron chi connectivity index (χ1n) is 7.99. The van der Waals surface area contributed by atoms with E-state index in [1.807, 2.05) is 12.1 Å². The number of hydrogen-bond donors (Lipinski definition) is 2. The molecule has 2 rings (SSSR count). The third kappa shape index (κ3) is 7.53. The van der Waals surface area contributed by atoms with Gasteiger partial charge in [0.15, 0.2) is 5.96 Å². The molecular weight excluding hydrogens is 433 g/mol. The zero-order valence-corrected chi connectivity index (χ0v) is 17.4. The van der Waals surface area contributed by atoms with Gasteiger partial charge in [0.25, 0.3) is 0 Å². The Bertz CT molecular complexity index is 602. The lowest BCUT2D eigenvalue weighted by atomic mass is 10.1. The van der Waals surface area contributed by atoms with Crippen LogP contribution in [0.5, 0.6) is 5.75 Å². The summed E-state index contributed by atoms with van der Waals surface area (Å²) >= 11 is 1.78. The Morgan fingerprint density at radius 2 is 2.04 bits per heavy atom. The molecule has 0 saturated heterocycles. The van der Waals surface area contributed by atoms with Crippen LogP contribution in [0.15, 0.2) is 46.8 Å². The van der Waals surface area contributed by atoms with E-state index >= 15 is 0 Å². The zero-order valence-electron chi connectivity index (χ0n) is 14.2. The molecule has 0 amide bonds. The molecule has 0 saturated carbocycles. The van der Waals surface area contributed by atoms with E-state index in [2.05, 4.69) is 52.2 Å². The van der Waals surface area contributed by atoms with Crippen LogP contribution in [0.1, 0.15) is 17.4 Å². The Balaban J connectivity index is 0.00000288. The molecule has 0 aliphatic carbocycles. The second kappa shape index (κ2) is 12.1. The number of hydrogen-bond acceptors (Lipinski definition) is 3. The maximum absolute atomic E-state index is 5.25. The summed E-state index contributed by atoms with van der Waals surface area (Å²) in [6, 6.07) is 12.4. The van der Waals surface area contributed by atoms with Gasteiger partial charge in [0, 0.05) is 30.9 Å². The molecule has 2 aromatic rings. The standard InChI is InChI=1S/C18H25N3OS.HI/c1-3-19-18(21-12-10-17-8-5-13-23-17)20-11-9-15-6-4-7-16(14-15)22-2;/h4-8,13-14H,3,9-12H2,1-2H3,(H2,19,20,21);1H. The summed E-state index contributed by atoms with van der Waals surface area (Å²) in [6.45, 7) is 4.59. The lowest BCUT2D eigenvalue weighted by Gasteiger charge is -2.11. The highest BCUT2D eigenvalue weighted by Crippen LogP contribution is 2.12. The normalized spacial score (nSPS) is 10.8. The Morgan fingerprint density at radius 1 is 1.17 bits per heavy atom. The fraction of sp³-hybridized carbons (Fsp3) is 0.389. The minimum Gasteiger partial charge on any atom is -0.497 e. The Hall–Kier alpha value is -1.28. The summed E-state index contributed by atoms with van der Waals surface area (Å²) < 4.78 is 5.25. The third-order valence-corrected chi connectivity index (χ3v) is 4.33. The van der Waals surface area contributed by atoms with E-state index in [0.29, 0.717) is 0 Å². The molecule has 2 N–H and O–H groups in total. The molecular formula is C18H26IN3OS. The van der Waals surface area contributed by atoms with E-state index in [0.717, 1.165) is 44.2 Å². The predicted molar refractivity (Wildman–Crippen MR) is 114 cm³/mol. The first-order valence-corrected chi connectivity index (χ1v) is 8.87. The first kappa shape index (κ1) is 20.8. The van der Waals surface area contributed by atoms with Crippen molar-refractivity contribution < 1.29 is 4.74 Å². The zero-order chi connectivity index (χ0) is 16.3. The quantitative estimate of drug-likeness (QED) is 0.360. The summed E-state index contributed by atoms with van der Waals surface area (Å²) in [5, 5.41) is 8.79. The number of methoxy groups -OCH3 is 1. The van der Waals surface area contributed by atoms with Crippen LogP contribution in [-0.4, -0.2) is 32.7 Å². The van der Waals surface area contributed by atoms with Crippen molar-refractivity contribution in [3.8, 4) is 5.75 Å². The van der Waals surface area contributed by atoms with E-state index in [1.165, 1.54) is 10.4 Å². The molecule has 6 heteroatoms. The smallest absolute Gasteiger partial charge is 0.191 e. The molecule has 0 aliphatic rings. The van der Waals surface area contributed by atoms with Crippen LogP contribution in [0.25, 0.3) is 0 Å². The van der Waals surface area contributed by atoms with Gasteiger partial charge >= 0.3 is 0 Å². The lowest BCUT2D eigenvalue weighted by Crippen LogP contribution is -2.38. The van der Waals surface area contributed by atoms with Crippen molar-refractivity contribution in [2.24, 2.45) is 4.99 Å². The van der Waals surface area contributed by atoms with Gasteiger partial charge in [-0.1, -0.05) is 18.2 Å². The molecule has 0 radical (unpaired) electrons. The highest BCUT2D eigenvalue weighted by atomic mass is 127. The number of nitrogens with zero attached hydrogens (tertiary/aromatic N) is 1. The van der Waals surface area contributed by atoms with Gasteiger partial charge in [-0.3, -0.25) is 4.99 Å². The minimum atomic E-state index is 0. The van der Waals surface area contributed by atoms with Gasteiger partial charge in [-0.05, 0) is 42.5 Å². The van der Waals surface area contributed by atoms with E-state index in [-0.39, 0.29) is 24.0 Å². The molecule has 0 aliphatic heterocycles. The van der Waals surface area contributed by atoms with Crippen LogP contribution in [0.3, 0.4) is 0 Å². The molecule has 4 nitrogen and oxygen atoms in total. The number of halogens is 1. The highest BCUT2D eigenvalue weighted by molar-refractivity contribution is 14.0. The minimum absolute atomic E-state index is 0. The Kier molecular flexibility index (Phi) is 10.5. The molecule has 0 spiro atoms. The van der Waals surface area contributed by atoms with E-state index in [4.69, 9.17) is 4.74 Å². The lowest BCUT2D eigenvalue weighted by molar-refractivity contribution is 0.414. The summed E-state index contributed by atoms with van der Waals surface area (Å²) in [4.78, 5) is 6.01. The monoisotopic (exact) mass is 459 g/mol. The highest BCUT2D eigenvalue weighted by Gasteiger charge is 2.00. The SMILES string of the molecule is CCNC(=NCCc1cccs1)NCCc1cccc(OC)c1.I. The van der Waals surface area contributed by atoms with Crippen molar-refractivity contribution in [3.63, 3.8) is 0 Å². The molecule has 1 aromatic heterocycles. The van der Waals surface area contributed by atoms with Gasteiger partial charge in [-0.2, -0.15) is 0 Å². The van der Waals surface area contributed by atoms with Crippen LogP contribution < -0.4 is 15.4 Å². The van der Waals surface area contributed by atoms with Gasteiger partial charge in [0.1, 0.15) is 5.75 Å². The summed E-state index contributed by atoms with van der Waals surface area (Å²) in [5.41, 5.74) is 1.26. The third-order valence-electron chi connectivity index (χ3n) is 3.39. The number of ether oxygens (including phenoxy) is 1. The van der Waals surface area contributed by atoms with Gasteiger partial charge in [-0.25, -0.2) is 0 Å². The van der Waals surface area contributed by atoms with Crippen molar-refractivity contribution in [3.05, 3.63) is 52.2 Å². The van der Waals surface area contributed by atoms with Crippen LogP contribution in [0.2, 0.25) is 0 Å². The van der Waals surface area contributed by atoms with Gasteiger partial charge < -0.3 is 15.4 Å². The second-order valence-corrected chi connectivity index (χ2v) is 6.15. The Labute approximate surface area is 165 Å². The molecule has 132 valence electrons. The molecule has 0 atom stereocenters. The number of nitrogens with one attached hydrogen (secondary N) is 2. The van der Waals surface area contributed by atoms with E-state index < -0.39 is 0 Å². The summed E-state index contributed by atoms with van der Waals surface area (Å²) in [7, 11) is 1.70. The van der Waals surface area contributed by atoms with E-state index in [1.54, 1.807) is 18.4 Å². The number of rotatable bonds is 8. The van der Waals surface area contributed by atoms with E-state index in [9.17, 15) is 0 Å². The number of benzene rings is 1.